The normalized spacial score (nSPS) is 11.5. The van der Waals surface area contributed by atoms with E-state index in [1.54, 1.807) is 6.92 Å². The summed E-state index contributed by atoms with van der Waals surface area (Å²) in [7, 11) is 1.48. The molecule has 7 nitrogen and oxygen atoms in total. The summed E-state index contributed by atoms with van der Waals surface area (Å²) < 4.78 is 13.5. The van der Waals surface area contributed by atoms with Crippen molar-refractivity contribution in [3.8, 4) is 6.07 Å². The van der Waals surface area contributed by atoms with Crippen molar-refractivity contribution in [2.45, 2.75) is 19.4 Å². The van der Waals surface area contributed by atoms with Crippen molar-refractivity contribution in [2.75, 3.05) is 11.9 Å². The molecule has 0 heterocycles. The van der Waals surface area contributed by atoms with Crippen LogP contribution in [0.4, 0.5) is 15.8 Å². The number of rotatable bonds is 5. The second-order valence-corrected chi connectivity index (χ2v) is 4.21. The average molecular weight is 281 g/mol. The van der Waals surface area contributed by atoms with Gasteiger partial charge in [-0.15, -0.1) is 0 Å². The molecule has 0 spiro atoms. The predicted octanol–water partition coefficient (Wildman–Crippen LogP) is 2.17. The van der Waals surface area contributed by atoms with Gasteiger partial charge in [0.25, 0.3) is 5.69 Å². The van der Waals surface area contributed by atoms with E-state index < -0.39 is 28.0 Å². The Balaban J connectivity index is 3.42. The van der Waals surface area contributed by atoms with Crippen molar-refractivity contribution in [3.05, 3.63) is 33.6 Å². The van der Waals surface area contributed by atoms with Crippen LogP contribution in [0.25, 0.3) is 0 Å². The first-order valence-electron chi connectivity index (χ1n) is 5.60. The number of aromatic carboxylic acids is 1. The van der Waals surface area contributed by atoms with E-state index in [1.807, 2.05) is 6.07 Å². The number of hydrogen-bond acceptors (Lipinski definition) is 5. The molecule has 1 aromatic rings. The van der Waals surface area contributed by atoms with Crippen LogP contribution in [0.15, 0.2) is 12.1 Å². The van der Waals surface area contributed by atoms with Gasteiger partial charge in [0, 0.05) is 13.1 Å². The molecule has 0 aliphatic rings. The van der Waals surface area contributed by atoms with E-state index in [1.165, 1.54) is 11.9 Å². The van der Waals surface area contributed by atoms with Crippen LogP contribution in [-0.4, -0.2) is 29.1 Å². The number of halogens is 1. The van der Waals surface area contributed by atoms with Crippen molar-refractivity contribution in [2.24, 2.45) is 0 Å². The first-order chi connectivity index (χ1) is 9.29. The minimum atomic E-state index is -1.51. The Hall–Kier alpha value is -2.69. The van der Waals surface area contributed by atoms with Gasteiger partial charge >= 0.3 is 5.97 Å². The molecule has 8 heteroatoms. The highest BCUT2D eigenvalue weighted by atomic mass is 19.1. The fourth-order valence-corrected chi connectivity index (χ4v) is 1.65. The van der Waals surface area contributed by atoms with Gasteiger partial charge in [0.1, 0.15) is 11.5 Å². The largest absolute Gasteiger partial charge is 0.478 e. The van der Waals surface area contributed by atoms with Crippen LogP contribution in [0.1, 0.15) is 23.7 Å². The molecule has 0 saturated carbocycles. The quantitative estimate of drug-likeness (QED) is 0.654. The summed E-state index contributed by atoms with van der Waals surface area (Å²) in [5.74, 6) is -2.69. The monoisotopic (exact) mass is 281 g/mol. The SMILES string of the molecule is CC(CC#N)N(C)c1cc(C(=O)O)c(F)cc1[N+](=O)[O-]. The molecule has 1 rings (SSSR count). The Morgan fingerprint density at radius 2 is 2.25 bits per heavy atom. The number of carboxylic acid groups (broad SMARTS) is 1. The van der Waals surface area contributed by atoms with E-state index in [0.717, 1.165) is 6.07 Å². The summed E-state index contributed by atoms with van der Waals surface area (Å²) in [5.41, 5.74) is -1.24. The topological polar surface area (TPSA) is 107 Å². The fourth-order valence-electron chi connectivity index (χ4n) is 1.65. The van der Waals surface area contributed by atoms with Gasteiger partial charge in [0.05, 0.1) is 29.0 Å². The van der Waals surface area contributed by atoms with Crippen LogP contribution >= 0.6 is 0 Å². The molecule has 1 aromatic carbocycles. The molecule has 0 aromatic heterocycles. The molecule has 0 aliphatic carbocycles. The van der Waals surface area contributed by atoms with Crippen molar-refractivity contribution in [3.63, 3.8) is 0 Å². The first kappa shape index (κ1) is 15.4. The van der Waals surface area contributed by atoms with Crippen molar-refractivity contribution in [1.29, 1.82) is 5.26 Å². The Kier molecular flexibility index (Phi) is 4.59. The van der Waals surface area contributed by atoms with Gasteiger partial charge in [-0.05, 0) is 13.0 Å². The van der Waals surface area contributed by atoms with Gasteiger partial charge in [-0.25, -0.2) is 9.18 Å². The second-order valence-electron chi connectivity index (χ2n) is 4.21. The third-order valence-electron chi connectivity index (χ3n) is 2.92. The number of carbonyl (C=O) groups is 1. The first-order valence-corrected chi connectivity index (χ1v) is 5.60. The maximum atomic E-state index is 13.5. The Morgan fingerprint density at radius 1 is 1.65 bits per heavy atom. The summed E-state index contributed by atoms with van der Waals surface area (Å²) in [5, 5.41) is 28.4. The molecule has 1 N–H and O–H groups in total. The van der Waals surface area contributed by atoms with Crippen LogP contribution in [0.3, 0.4) is 0 Å². The standard InChI is InChI=1S/C12H12FN3O4/c1-7(3-4-14)15(2)10-5-8(12(17)18)9(13)6-11(10)16(19)20/h5-7H,3H2,1-2H3,(H,17,18). The number of nitro groups is 1. The summed E-state index contributed by atoms with van der Waals surface area (Å²) >= 11 is 0. The number of nitrogens with zero attached hydrogens (tertiary/aromatic N) is 3. The highest BCUT2D eigenvalue weighted by Gasteiger charge is 2.25. The molecule has 20 heavy (non-hydrogen) atoms. The number of anilines is 1. The van der Waals surface area contributed by atoms with Crippen LogP contribution < -0.4 is 4.90 Å². The molecule has 0 radical (unpaired) electrons. The molecule has 106 valence electrons. The zero-order valence-corrected chi connectivity index (χ0v) is 10.8. The summed E-state index contributed by atoms with van der Waals surface area (Å²) in [6.07, 6.45) is 0.0907. The van der Waals surface area contributed by atoms with Gasteiger partial charge in [-0.1, -0.05) is 0 Å². The minimum Gasteiger partial charge on any atom is -0.478 e. The van der Waals surface area contributed by atoms with Crippen LogP contribution in [0.5, 0.6) is 0 Å². The molecule has 1 unspecified atom stereocenters. The van der Waals surface area contributed by atoms with Crippen molar-refractivity contribution in [1.82, 2.24) is 0 Å². The lowest BCUT2D eigenvalue weighted by Crippen LogP contribution is -2.29. The van der Waals surface area contributed by atoms with Crippen LogP contribution in [-0.2, 0) is 0 Å². The maximum Gasteiger partial charge on any atom is 0.338 e. The zero-order chi connectivity index (χ0) is 15.4. The third-order valence-corrected chi connectivity index (χ3v) is 2.92. The number of hydrogen-bond donors (Lipinski definition) is 1. The number of nitriles is 1. The van der Waals surface area contributed by atoms with E-state index in [2.05, 4.69) is 0 Å². The molecule has 0 fully saturated rings. The minimum absolute atomic E-state index is 0.0449. The van der Waals surface area contributed by atoms with Gasteiger partial charge in [-0.2, -0.15) is 5.26 Å². The Bertz CT molecular complexity index is 597. The summed E-state index contributed by atoms with van der Waals surface area (Å²) in [4.78, 5) is 22.4. The van der Waals surface area contributed by atoms with E-state index in [9.17, 15) is 19.3 Å². The Morgan fingerprint density at radius 3 is 2.70 bits per heavy atom. The third kappa shape index (κ3) is 3.00. The molecule has 0 amide bonds. The zero-order valence-electron chi connectivity index (χ0n) is 10.8. The van der Waals surface area contributed by atoms with Gasteiger partial charge in [0.2, 0.25) is 0 Å². The second kappa shape index (κ2) is 5.97. The highest BCUT2D eigenvalue weighted by molar-refractivity contribution is 5.90. The lowest BCUT2D eigenvalue weighted by Gasteiger charge is -2.25. The molecular formula is C12H12FN3O4. The lowest BCUT2D eigenvalue weighted by atomic mass is 10.1. The molecular weight excluding hydrogens is 269 g/mol. The fraction of sp³-hybridized carbons (Fsp3) is 0.333. The van der Waals surface area contributed by atoms with Crippen LogP contribution in [0, 0.1) is 27.3 Å². The molecule has 0 aliphatic heterocycles. The molecule has 0 saturated heterocycles. The highest BCUT2D eigenvalue weighted by Crippen LogP contribution is 2.32. The van der Waals surface area contributed by atoms with E-state index in [-0.39, 0.29) is 18.2 Å². The van der Waals surface area contributed by atoms with Crippen molar-refractivity contribution < 1.29 is 19.2 Å². The summed E-state index contributed by atoms with van der Waals surface area (Å²) in [6.45, 7) is 1.65. The predicted molar refractivity (Wildman–Crippen MR) is 68.1 cm³/mol. The smallest absolute Gasteiger partial charge is 0.338 e. The maximum absolute atomic E-state index is 13.5. The van der Waals surface area contributed by atoms with Crippen molar-refractivity contribution >= 4 is 17.3 Å². The van der Waals surface area contributed by atoms with E-state index in [0.29, 0.717) is 6.07 Å². The number of benzene rings is 1. The van der Waals surface area contributed by atoms with Gasteiger partial charge < -0.3 is 10.0 Å². The molecule has 0 bridgehead atoms. The van der Waals surface area contributed by atoms with Gasteiger partial charge in [0.15, 0.2) is 0 Å². The number of carboxylic acids is 1. The van der Waals surface area contributed by atoms with Gasteiger partial charge in [-0.3, -0.25) is 10.1 Å². The lowest BCUT2D eigenvalue weighted by molar-refractivity contribution is -0.384. The van der Waals surface area contributed by atoms with Crippen LogP contribution in [0.2, 0.25) is 0 Å². The van der Waals surface area contributed by atoms with E-state index in [4.69, 9.17) is 10.4 Å². The number of nitro benzene ring substituents is 1. The summed E-state index contributed by atoms with van der Waals surface area (Å²) in [6, 6.07) is 3.01. The average Bonchev–Trinajstić information content (AvgIpc) is 2.37. The van der Waals surface area contributed by atoms with E-state index >= 15 is 0 Å². The Labute approximate surface area is 114 Å². The molecule has 1 atom stereocenters.